The lowest BCUT2D eigenvalue weighted by atomic mass is 10.3. The van der Waals surface area contributed by atoms with E-state index in [0.29, 0.717) is 16.6 Å². The van der Waals surface area contributed by atoms with Crippen molar-refractivity contribution < 1.29 is 9.53 Å². The van der Waals surface area contributed by atoms with Crippen LogP contribution in [-0.2, 0) is 11.2 Å². The Kier molecular flexibility index (Phi) is 5.65. The van der Waals surface area contributed by atoms with Gasteiger partial charge in [0, 0.05) is 6.42 Å². The van der Waals surface area contributed by atoms with E-state index in [-0.39, 0.29) is 11.7 Å². The number of nitrogens with two attached hydrogens (primary N) is 1. The van der Waals surface area contributed by atoms with Crippen LogP contribution in [-0.4, -0.2) is 33.6 Å². The molecule has 22 heavy (non-hydrogen) atoms. The summed E-state index contributed by atoms with van der Waals surface area (Å²) in [4.78, 5) is 12.0. The number of anilines is 1. The van der Waals surface area contributed by atoms with E-state index in [4.69, 9.17) is 10.6 Å². The number of aromatic nitrogens is 3. The van der Waals surface area contributed by atoms with Gasteiger partial charge in [-0.15, -0.1) is 10.2 Å². The summed E-state index contributed by atoms with van der Waals surface area (Å²) in [5.74, 6) is 7.27. The summed E-state index contributed by atoms with van der Waals surface area (Å²) in [7, 11) is 1.56. The van der Waals surface area contributed by atoms with Crippen LogP contribution in [0.25, 0.3) is 0 Å². The number of amides is 1. The number of carbonyl (C=O) groups is 1. The molecule has 1 heterocycles. The number of nitrogens with one attached hydrogen (secondary N) is 1. The first kappa shape index (κ1) is 16.2. The quantitative estimate of drug-likeness (QED) is 0.595. The van der Waals surface area contributed by atoms with Crippen LogP contribution in [0.3, 0.4) is 0 Å². The van der Waals surface area contributed by atoms with Crippen LogP contribution < -0.4 is 15.9 Å². The zero-order valence-corrected chi connectivity index (χ0v) is 13.4. The van der Waals surface area contributed by atoms with E-state index >= 15 is 0 Å². The highest BCUT2D eigenvalue weighted by Gasteiger charge is 2.12. The summed E-state index contributed by atoms with van der Waals surface area (Å²) in [6, 6.07) is 7.25. The lowest BCUT2D eigenvalue weighted by Crippen LogP contribution is -2.17. The predicted octanol–water partition coefficient (Wildman–Crippen LogP) is 1.68. The largest absolute Gasteiger partial charge is 0.495 e. The normalized spacial score (nSPS) is 10.5. The average molecular weight is 321 g/mol. The second-order valence-corrected chi connectivity index (χ2v) is 5.50. The highest BCUT2D eigenvalue weighted by molar-refractivity contribution is 7.99. The zero-order valence-electron chi connectivity index (χ0n) is 12.6. The standard InChI is InChI=1S/C14H19N5O2S/c1-3-6-12-17-18-14(19(12)15)22-9-13(20)16-10-7-4-5-8-11(10)21-2/h4-5,7-8H,3,6,9,15H2,1-2H3,(H,16,20). The van der Waals surface area contributed by atoms with Gasteiger partial charge in [0.15, 0.2) is 5.82 Å². The Hall–Kier alpha value is -2.22. The number of methoxy groups -OCH3 is 1. The van der Waals surface area contributed by atoms with Crippen molar-refractivity contribution >= 4 is 23.4 Å². The molecule has 0 saturated carbocycles. The lowest BCUT2D eigenvalue weighted by molar-refractivity contribution is -0.113. The van der Waals surface area contributed by atoms with Crippen molar-refractivity contribution in [1.82, 2.24) is 14.9 Å². The third kappa shape index (κ3) is 3.91. The van der Waals surface area contributed by atoms with Gasteiger partial charge in [0.2, 0.25) is 11.1 Å². The topological polar surface area (TPSA) is 95.1 Å². The summed E-state index contributed by atoms with van der Waals surface area (Å²) >= 11 is 1.25. The summed E-state index contributed by atoms with van der Waals surface area (Å²) in [6.45, 7) is 2.04. The molecule has 0 radical (unpaired) electrons. The van der Waals surface area contributed by atoms with Crippen molar-refractivity contribution in [3.63, 3.8) is 0 Å². The van der Waals surface area contributed by atoms with Gasteiger partial charge in [0.1, 0.15) is 5.75 Å². The molecule has 0 saturated heterocycles. The number of para-hydroxylation sites is 2. The van der Waals surface area contributed by atoms with Crippen LogP contribution in [0.2, 0.25) is 0 Å². The number of thioether (sulfide) groups is 1. The molecule has 0 spiro atoms. The molecule has 8 heteroatoms. The maximum absolute atomic E-state index is 12.0. The Balaban J connectivity index is 1.93. The monoisotopic (exact) mass is 321 g/mol. The minimum atomic E-state index is -0.158. The van der Waals surface area contributed by atoms with E-state index in [0.717, 1.165) is 18.7 Å². The van der Waals surface area contributed by atoms with Crippen molar-refractivity contribution in [1.29, 1.82) is 0 Å². The van der Waals surface area contributed by atoms with Gasteiger partial charge >= 0.3 is 0 Å². The van der Waals surface area contributed by atoms with Gasteiger partial charge < -0.3 is 15.9 Å². The molecule has 0 unspecified atom stereocenters. The first-order chi connectivity index (χ1) is 10.7. The van der Waals surface area contributed by atoms with Gasteiger partial charge in [-0.05, 0) is 18.6 Å². The van der Waals surface area contributed by atoms with Gasteiger partial charge in [0.25, 0.3) is 0 Å². The molecule has 118 valence electrons. The molecule has 0 fully saturated rings. The minimum Gasteiger partial charge on any atom is -0.495 e. The van der Waals surface area contributed by atoms with Crippen LogP contribution in [0.5, 0.6) is 5.75 Å². The van der Waals surface area contributed by atoms with Crippen molar-refractivity contribution in [2.75, 3.05) is 24.0 Å². The van der Waals surface area contributed by atoms with Crippen LogP contribution in [0.1, 0.15) is 19.2 Å². The van der Waals surface area contributed by atoms with Crippen molar-refractivity contribution in [2.45, 2.75) is 24.9 Å². The molecule has 1 aromatic carbocycles. The van der Waals surface area contributed by atoms with Gasteiger partial charge in [0.05, 0.1) is 18.6 Å². The van der Waals surface area contributed by atoms with E-state index in [1.807, 2.05) is 19.1 Å². The number of rotatable bonds is 7. The zero-order chi connectivity index (χ0) is 15.9. The second kappa shape index (κ2) is 7.69. The molecule has 3 N–H and O–H groups in total. The first-order valence-corrected chi connectivity index (χ1v) is 7.89. The van der Waals surface area contributed by atoms with Gasteiger partial charge in [-0.25, -0.2) is 4.68 Å². The van der Waals surface area contributed by atoms with Gasteiger partial charge in [-0.1, -0.05) is 30.8 Å². The molecule has 0 aliphatic carbocycles. The summed E-state index contributed by atoms with van der Waals surface area (Å²) < 4.78 is 6.63. The molecule has 1 aromatic heterocycles. The van der Waals surface area contributed by atoms with Crippen molar-refractivity contribution in [3.05, 3.63) is 30.1 Å². The molecule has 0 aliphatic heterocycles. The smallest absolute Gasteiger partial charge is 0.234 e. The Morgan fingerprint density at radius 2 is 2.18 bits per heavy atom. The van der Waals surface area contributed by atoms with Crippen LogP contribution in [0.4, 0.5) is 5.69 Å². The number of benzene rings is 1. The maximum Gasteiger partial charge on any atom is 0.234 e. The summed E-state index contributed by atoms with van der Waals surface area (Å²) in [6.07, 6.45) is 1.70. The van der Waals surface area contributed by atoms with Crippen LogP contribution in [0.15, 0.2) is 29.4 Å². The number of aryl methyl sites for hydroxylation is 1. The molecule has 0 bridgehead atoms. The third-order valence-corrected chi connectivity index (χ3v) is 3.87. The molecule has 0 aliphatic rings. The number of nitrogen functional groups attached to an aromatic ring is 1. The number of ether oxygens (including phenoxy) is 1. The van der Waals surface area contributed by atoms with Crippen LogP contribution in [0, 0.1) is 0 Å². The molecular weight excluding hydrogens is 302 g/mol. The predicted molar refractivity (Wildman–Crippen MR) is 86.5 cm³/mol. The average Bonchev–Trinajstić information content (AvgIpc) is 2.87. The Bertz CT molecular complexity index is 644. The fraction of sp³-hybridized carbons (Fsp3) is 0.357. The van der Waals surface area contributed by atoms with Crippen molar-refractivity contribution in [2.24, 2.45) is 0 Å². The molecule has 2 rings (SSSR count). The first-order valence-electron chi connectivity index (χ1n) is 6.90. The number of carbonyl (C=O) groups excluding carboxylic acids is 1. The van der Waals surface area contributed by atoms with Crippen LogP contribution >= 0.6 is 11.8 Å². The highest BCUT2D eigenvalue weighted by atomic mass is 32.2. The Labute approximate surface area is 133 Å². The van der Waals surface area contributed by atoms with Crippen molar-refractivity contribution in [3.8, 4) is 5.75 Å². The third-order valence-electron chi connectivity index (χ3n) is 2.92. The van der Waals surface area contributed by atoms with E-state index in [9.17, 15) is 4.79 Å². The number of nitrogens with zero attached hydrogens (tertiary/aromatic N) is 3. The molecule has 0 atom stereocenters. The van der Waals surface area contributed by atoms with Gasteiger partial charge in [-0.2, -0.15) is 0 Å². The van der Waals surface area contributed by atoms with E-state index in [1.54, 1.807) is 19.2 Å². The molecule has 1 amide bonds. The lowest BCUT2D eigenvalue weighted by Gasteiger charge is -2.09. The van der Waals surface area contributed by atoms with E-state index < -0.39 is 0 Å². The Morgan fingerprint density at radius 3 is 2.91 bits per heavy atom. The van der Waals surface area contributed by atoms with Gasteiger partial charge in [-0.3, -0.25) is 4.79 Å². The fourth-order valence-corrected chi connectivity index (χ4v) is 2.54. The summed E-state index contributed by atoms with van der Waals surface area (Å²) in [5, 5.41) is 11.3. The number of hydrogen-bond acceptors (Lipinski definition) is 6. The van der Waals surface area contributed by atoms with E-state index in [1.165, 1.54) is 16.4 Å². The molecule has 7 nitrogen and oxygen atoms in total. The summed E-state index contributed by atoms with van der Waals surface area (Å²) in [5.41, 5.74) is 0.636. The fourth-order valence-electron chi connectivity index (χ4n) is 1.86. The van der Waals surface area contributed by atoms with E-state index in [2.05, 4.69) is 15.5 Å². The Morgan fingerprint density at radius 1 is 1.41 bits per heavy atom. The number of hydrogen-bond donors (Lipinski definition) is 2. The highest BCUT2D eigenvalue weighted by Crippen LogP contribution is 2.23. The second-order valence-electron chi connectivity index (χ2n) is 4.56. The SMILES string of the molecule is CCCc1nnc(SCC(=O)Nc2ccccc2OC)n1N. The maximum atomic E-state index is 12.0. The molecular formula is C14H19N5O2S. The molecule has 2 aromatic rings. The minimum absolute atomic E-state index is 0.158.